The number of carbonyl (C=O) groups excluding carboxylic acids is 2. The van der Waals surface area contributed by atoms with Gasteiger partial charge in [0.15, 0.2) is 0 Å². The lowest BCUT2D eigenvalue weighted by Crippen LogP contribution is -2.56. The Hall–Kier alpha value is -1.32. The van der Waals surface area contributed by atoms with E-state index in [1.54, 1.807) is 0 Å². The molecule has 3 aliphatic rings. The second-order valence-electron chi connectivity index (χ2n) is 8.34. The molecule has 0 aromatic heterocycles. The third-order valence-electron chi connectivity index (χ3n) is 6.44. The molecule has 4 heteroatoms. The normalized spacial score (nSPS) is 28.6. The predicted octanol–water partition coefficient (Wildman–Crippen LogP) is 4.10. The minimum absolute atomic E-state index is 0.0721. The van der Waals surface area contributed by atoms with Crippen molar-refractivity contribution in [3.8, 4) is 0 Å². The number of hydrogen-bond donors (Lipinski definition) is 1. The third kappa shape index (κ3) is 4.45. The summed E-state index contributed by atoms with van der Waals surface area (Å²) < 4.78 is 0. The molecule has 1 heterocycles. The van der Waals surface area contributed by atoms with Gasteiger partial charge < -0.3 is 10.2 Å². The SMILES string of the molecule is CC1(C(=O)NC2CCCCCC2)CCC(=O)N1CCC1=CCCCC1. The summed E-state index contributed by atoms with van der Waals surface area (Å²) in [5, 5.41) is 3.28. The van der Waals surface area contributed by atoms with Gasteiger partial charge in [-0.05, 0) is 58.3 Å². The Labute approximate surface area is 152 Å². The largest absolute Gasteiger partial charge is 0.351 e. The number of nitrogens with one attached hydrogen (secondary N) is 1. The van der Waals surface area contributed by atoms with E-state index in [9.17, 15) is 9.59 Å². The van der Waals surface area contributed by atoms with Crippen LogP contribution in [0.3, 0.4) is 0 Å². The maximum atomic E-state index is 13.0. The van der Waals surface area contributed by atoms with Crippen LogP contribution >= 0.6 is 0 Å². The first kappa shape index (κ1) is 18.5. The zero-order valence-corrected chi connectivity index (χ0v) is 15.8. The van der Waals surface area contributed by atoms with Crippen molar-refractivity contribution in [1.82, 2.24) is 10.2 Å². The first-order chi connectivity index (χ1) is 12.1. The highest BCUT2D eigenvalue weighted by molar-refractivity contribution is 5.94. The Balaban J connectivity index is 1.61. The summed E-state index contributed by atoms with van der Waals surface area (Å²) >= 11 is 0. The Bertz CT molecular complexity index is 520. The van der Waals surface area contributed by atoms with Crippen LogP contribution in [0.5, 0.6) is 0 Å². The van der Waals surface area contributed by atoms with Gasteiger partial charge in [0.05, 0.1) is 0 Å². The molecular formula is C21H34N2O2. The highest BCUT2D eigenvalue weighted by Gasteiger charge is 2.47. The van der Waals surface area contributed by atoms with Crippen LogP contribution in [0.4, 0.5) is 0 Å². The van der Waals surface area contributed by atoms with Crippen LogP contribution in [0.25, 0.3) is 0 Å². The number of hydrogen-bond acceptors (Lipinski definition) is 2. The summed E-state index contributed by atoms with van der Waals surface area (Å²) in [6, 6.07) is 0.297. The standard InChI is InChI=1S/C21H34N2O2/c1-21(20(25)22-18-11-7-2-3-8-12-18)15-13-19(24)23(21)16-14-17-9-5-4-6-10-17/h9,18H,2-8,10-16H2,1H3,(H,22,25). The Morgan fingerprint density at radius 2 is 1.92 bits per heavy atom. The molecule has 4 nitrogen and oxygen atoms in total. The molecule has 2 fully saturated rings. The molecule has 1 aliphatic heterocycles. The Morgan fingerprint density at radius 3 is 2.60 bits per heavy atom. The second-order valence-corrected chi connectivity index (χ2v) is 8.34. The van der Waals surface area contributed by atoms with Crippen LogP contribution in [0.2, 0.25) is 0 Å². The monoisotopic (exact) mass is 346 g/mol. The van der Waals surface area contributed by atoms with E-state index in [1.807, 2.05) is 11.8 Å². The van der Waals surface area contributed by atoms with Gasteiger partial charge in [0.25, 0.3) is 0 Å². The maximum absolute atomic E-state index is 13.0. The number of allylic oxidation sites excluding steroid dienone is 1. The van der Waals surface area contributed by atoms with E-state index in [4.69, 9.17) is 0 Å². The molecule has 1 atom stereocenters. The summed E-state index contributed by atoms with van der Waals surface area (Å²) in [6.45, 7) is 2.67. The van der Waals surface area contributed by atoms with Gasteiger partial charge in [-0.15, -0.1) is 0 Å². The zero-order chi connectivity index (χ0) is 17.7. The molecule has 0 radical (unpaired) electrons. The summed E-state index contributed by atoms with van der Waals surface area (Å²) in [6.07, 6.45) is 16.5. The maximum Gasteiger partial charge on any atom is 0.245 e. The van der Waals surface area contributed by atoms with Crippen molar-refractivity contribution in [2.24, 2.45) is 0 Å². The van der Waals surface area contributed by atoms with E-state index in [-0.39, 0.29) is 11.8 Å². The third-order valence-corrected chi connectivity index (χ3v) is 6.44. The first-order valence-corrected chi connectivity index (χ1v) is 10.4. The zero-order valence-electron chi connectivity index (χ0n) is 15.8. The topological polar surface area (TPSA) is 49.4 Å². The molecule has 1 saturated heterocycles. The smallest absolute Gasteiger partial charge is 0.245 e. The van der Waals surface area contributed by atoms with Crippen molar-refractivity contribution in [3.63, 3.8) is 0 Å². The van der Waals surface area contributed by atoms with Crippen LogP contribution < -0.4 is 5.32 Å². The molecule has 0 aromatic carbocycles. The second kappa shape index (κ2) is 8.37. The van der Waals surface area contributed by atoms with E-state index in [2.05, 4.69) is 11.4 Å². The minimum Gasteiger partial charge on any atom is -0.351 e. The van der Waals surface area contributed by atoms with Crippen LogP contribution in [-0.2, 0) is 9.59 Å². The highest BCUT2D eigenvalue weighted by Crippen LogP contribution is 2.32. The molecule has 1 saturated carbocycles. The van der Waals surface area contributed by atoms with Gasteiger partial charge in [-0.25, -0.2) is 0 Å². The van der Waals surface area contributed by atoms with Gasteiger partial charge in [-0.2, -0.15) is 0 Å². The molecule has 3 rings (SSSR count). The van der Waals surface area contributed by atoms with Crippen molar-refractivity contribution in [2.45, 2.75) is 102 Å². The van der Waals surface area contributed by atoms with E-state index in [0.29, 0.717) is 25.4 Å². The van der Waals surface area contributed by atoms with E-state index < -0.39 is 5.54 Å². The van der Waals surface area contributed by atoms with Crippen molar-refractivity contribution in [2.75, 3.05) is 6.54 Å². The van der Waals surface area contributed by atoms with Crippen LogP contribution in [0, 0.1) is 0 Å². The predicted molar refractivity (Wildman–Crippen MR) is 100 cm³/mol. The number of amides is 2. The molecule has 25 heavy (non-hydrogen) atoms. The average Bonchev–Trinajstić information content (AvgIpc) is 2.80. The molecule has 1 N–H and O–H groups in total. The average molecular weight is 347 g/mol. The first-order valence-electron chi connectivity index (χ1n) is 10.4. The van der Waals surface area contributed by atoms with Crippen molar-refractivity contribution in [1.29, 1.82) is 0 Å². The van der Waals surface area contributed by atoms with Gasteiger partial charge in [-0.3, -0.25) is 9.59 Å². The molecule has 0 bridgehead atoms. The van der Waals surface area contributed by atoms with E-state index in [1.165, 1.54) is 50.5 Å². The Kier molecular flexibility index (Phi) is 6.19. The fourth-order valence-corrected chi connectivity index (χ4v) is 4.65. The summed E-state index contributed by atoms with van der Waals surface area (Å²) in [7, 11) is 0. The van der Waals surface area contributed by atoms with Gasteiger partial charge in [0.1, 0.15) is 5.54 Å². The van der Waals surface area contributed by atoms with E-state index >= 15 is 0 Å². The molecule has 0 spiro atoms. The van der Waals surface area contributed by atoms with Crippen LogP contribution in [0.15, 0.2) is 11.6 Å². The molecule has 0 aromatic rings. The summed E-state index contributed by atoms with van der Waals surface area (Å²) in [5.74, 6) is 0.220. The number of nitrogens with zero attached hydrogens (tertiary/aromatic N) is 1. The van der Waals surface area contributed by atoms with Gasteiger partial charge in [0.2, 0.25) is 11.8 Å². The molecular weight excluding hydrogens is 312 g/mol. The summed E-state index contributed by atoms with van der Waals surface area (Å²) in [4.78, 5) is 27.3. The van der Waals surface area contributed by atoms with Crippen molar-refractivity contribution < 1.29 is 9.59 Å². The lowest BCUT2D eigenvalue weighted by Gasteiger charge is -2.35. The Morgan fingerprint density at radius 1 is 1.16 bits per heavy atom. The van der Waals surface area contributed by atoms with Gasteiger partial charge in [0, 0.05) is 19.0 Å². The lowest BCUT2D eigenvalue weighted by molar-refractivity contribution is -0.141. The molecule has 2 amide bonds. The van der Waals surface area contributed by atoms with E-state index in [0.717, 1.165) is 25.7 Å². The number of carbonyl (C=O) groups is 2. The minimum atomic E-state index is -0.654. The fraction of sp³-hybridized carbons (Fsp3) is 0.810. The van der Waals surface area contributed by atoms with Crippen LogP contribution in [0.1, 0.15) is 90.4 Å². The number of rotatable bonds is 5. The van der Waals surface area contributed by atoms with Crippen molar-refractivity contribution in [3.05, 3.63) is 11.6 Å². The van der Waals surface area contributed by atoms with Crippen molar-refractivity contribution >= 4 is 11.8 Å². The molecule has 1 unspecified atom stereocenters. The molecule has 140 valence electrons. The lowest BCUT2D eigenvalue weighted by atomic mass is 9.94. The summed E-state index contributed by atoms with van der Waals surface area (Å²) in [5.41, 5.74) is 0.816. The van der Waals surface area contributed by atoms with Gasteiger partial charge in [-0.1, -0.05) is 37.3 Å². The van der Waals surface area contributed by atoms with Gasteiger partial charge >= 0.3 is 0 Å². The van der Waals surface area contributed by atoms with Crippen LogP contribution in [-0.4, -0.2) is 34.8 Å². The highest BCUT2D eigenvalue weighted by atomic mass is 16.2. The fourth-order valence-electron chi connectivity index (χ4n) is 4.65. The quantitative estimate of drug-likeness (QED) is 0.602. The molecule has 2 aliphatic carbocycles. The number of likely N-dealkylation sites (tertiary alicyclic amines) is 1.